The number of benzene rings is 2. The summed E-state index contributed by atoms with van der Waals surface area (Å²) in [5.74, 6) is -2.99. The molecule has 0 aliphatic heterocycles. The normalized spacial score (nSPS) is 11.5. The zero-order chi connectivity index (χ0) is 17.7. The van der Waals surface area contributed by atoms with E-state index in [1.165, 1.54) is 14.0 Å². The monoisotopic (exact) mass is 335 g/mol. The summed E-state index contributed by atoms with van der Waals surface area (Å²) in [5, 5.41) is 2.55. The van der Waals surface area contributed by atoms with Crippen molar-refractivity contribution in [1.82, 2.24) is 0 Å². The number of amides is 1. The van der Waals surface area contributed by atoms with Crippen molar-refractivity contribution in [2.24, 2.45) is 0 Å². The summed E-state index contributed by atoms with van der Waals surface area (Å²) < 4.78 is 36.3. The van der Waals surface area contributed by atoms with Gasteiger partial charge in [0, 0.05) is 6.07 Å². The summed E-state index contributed by atoms with van der Waals surface area (Å²) in [5.41, 5.74) is 0.0918. The number of nitrogens with one attached hydrogen (secondary N) is 1. The first-order valence-electron chi connectivity index (χ1n) is 7.01. The van der Waals surface area contributed by atoms with Crippen molar-refractivity contribution in [1.29, 1.82) is 0 Å². The largest absolute Gasteiger partial charge is 0.495 e. The Hall–Kier alpha value is -2.96. The summed E-state index contributed by atoms with van der Waals surface area (Å²) in [6.45, 7) is 1.35. The Kier molecular flexibility index (Phi) is 5.47. The fourth-order valence-electron chi connectivity index (χ4n) is 1.94. The number of hydrogen-bond acceptors (Lipinski definition) is 4. The zero-order valence-corrected chi connectivity index (χ0v) is 13.0. The van der Waals surface area contributed by atoms with Gasteiger partial charge in [-0.15, -0.1) is 0 Å². The Morgan fingerprint density at radius 2 is 1.71 bits per heavy atom. The Morgan fingerprint density at radius 3 is 2.33 bits per heavy atom. The molecule has 0 saturated carbocycles. The molecule has 7 heteroatoms. The number of methoxy groups -OCH3 is 1. The molecule has 0 unspecified atom stereocenters. The highest BCUT2D eigenvalue weighted by molar-refractivity contribution is 5.98. The second-order valence-corrected chi connectivity index (χ2v) is 4.90. The van der Waals surface area contributed by atoms with E-state index in [1.807, 2.05) is 0 Å². The van der Waals surface area contributed by atoms with Crippen molar-refractivity contribution in [2.45, 2.75) is 13.0 Å². The fourth-order valence-corrected chi connectivity index (χ4v) is 1.94. The van der Waals surface area contributed by atoms with Gasteiger partial charge in [0.1, 0.15) is 17.4 Å². The van der Waals surface area contributed by atoms with Crippen LogP contribution in [-0.4, -0.2) is 25.1 Å². The molecule has 0 aromatic heterocycles. The van der Waals surface area contributed by atoms with Crippen LogP contribution in [0.25, 0.3) is 0 Å². The zero-order valence-electron chi connectivity index (χ0n) is 13.0. The van der Waals surface area contributed by atoms with Crippen LogP contribution in [0.15, 0.2) is 42.5 Å². The molecule has 0 radical (unpaired) electrons. The Labute approximate surface area is 137 Å². The average Bonchev–Trinajstić information content (AvgIpc) is 2.54. The predicted molar refractivity (Wildman–Crippen MR) is 82.9 cm³/mol. The van der Waals surface area contributed by atoms with Crippen LogP contribution < -0.4 is 10.1 Å². The van der Waals surface area contributed by atoms with Gasteiger partial charge in [-0.05, 0) is 31.2 Å². The average molecular weight is 335 g/mol. The van der Waals surface area contributed by atoms with E-state index in [4.69, 9.17) is 9.47 Å². The lowest BCUT2D eigenvalue weighted by Gasteiger charge is -2.15. The lowest BCUT2D eigenvalue weighted by atomic mass is 10.2. The molecule has 1 atom stereocenters. The van der Waals surface area contributed by atoms with Gasteiger partial charge in [0.15, 0.2) is 6.10 Å². The number of esters is 1. The lowest BCUT2D eigenvalue weighted by Crippen LogP contribution is -2.30. The first-order valence-corrected chi connectivity index (χ1v) is 7.01. The number of hydrogen-bond donors (Lipinski definition) is 1. The number of carbonyl (C=O) groups excluding carboxylic acids is 2. The molecule has 2 aromatic carbocycles. The van der Waals surface area contributed by atoms with E-state index in [0.717, 1.165) is 12.1 Å². The summed E-state index contributed by atoms with van der Waals surface area (Å²) in [4.78, 5) is 24.0. The van der Waals surface area contributed by atoms with E-state index in [2.05, 4.69) is 5.32 Å². The molecule has 5 nitrogen and oxygen atoms in total. The third-order valence-corrected chi connectivity index (χ3v) is 3.12. The van der Waals surface area contributed by atoms with Crippen LogP contribution in [0.3, 0.4) is 0 Å². The van der Waals surface area contributed by atoms with Gasteiger partial charge in [-0.3, -0.25) is 4.79 Å². The SMILES string of the molecule is COc1ccccc1NC(=O)[C@H](C)OC(=O)c1cc(F)cc(F)c1. The minimum atomic E-state index is -1.17. The van der Waals surface area contributed by atoms with Crippen molar-refractivity contribution in [2.75, 3.05) is 12.4 Å². The summed E-state index contributed by atoms with van der Waals surface area (Å²) in [6.07, 6.45) is -1.17. The third kappa shape index (κ3) is 4.28. The third-order valence-electron chi connectivity index (χ3n) is 3.12. The minimum Gasteiger partial charge on any atom is -0.495 e. The van der Waals surface area contributed by atoms with Gasteiger partial charge >= 0.3 is 5.97 Å². The van der Waals surface area contributed by atoms with Crippen molar-refractivity contribution >= 4 is 17.6 Å². The van der Waals surface area contributed by atoms with Crippen molar-refractivity contribution in [3.8, 4) is 5.75 Å². The van der Waals surface area contributed by atoms with Crippen LogP contribution >= 0.6 is 0 Å². The summed E-state index contributed by atoms with van der Waals surface area (Å²) in [7, 11) is 1.45. The molecule has 0 spiro atoms. The molecule has 1 amide bonds. The van der Waals surface area contributed by atoms with Crippen LogP contribution in [0.5, 0.6) is 5.75 Å². The van der Waals surface area contributed by atoms with E-state index in [0.29, 0.717) is 17.5 Å². The Bertz CT molecular complexity index is 744. The van der Waals surface area contributed by atoms with Crippen molar-refractivity contribution in [3.05, 3.63) is 59.7 Å². The molecule has 1 N–H and O–H groups in total. The highest BCUT2D eigenvalue weighted by Crippen LogP contribution is 2.23. The van der Waals surface area contributed by atoms with Gasteiger partial charge in [0.2, 0.25) is 0 Å². The highest BCUT2D eigenvalue weighted by atomic mass is 19.1. The second-order valence-electron chi connectivity index (χ2n) is 4.90. The Morgan fingerprint density at radius 1 is 1.08 bits per heavy atom. The molecule has 0 aliphatic carbocycles. The van der Waals surface area contributed by atoms with Crippen molar-refractivity contribution < 1.29 is 27.8 Å². The summed E-state index contributed by atoms with van der Waals surface area (Å²) in [6, 6.07) is 9.00. The van der Waals surface area contributed by atoms with E-state index in [1.54, 1.807) is 24.3 Å². The molecule has 0 aliphatic rings. The molecule has 126 valence electrons. The quantitative estimate of drug-likeness (QED) is 0.853. The number of anilines is 1. The van der Waals surface area contributed by atoms with Crippen LogP contribution in [0.2, 0.25) is 0 Å². The fraction of sp³-hybridized carbons (Fsp3) is 0.176. The molecular formula is C17H15F2NO4. The minimum absolute atomic E-state index is 0.315. The van der Waals surface area contributed by atoms with E-state index < -0.39 is 29.6 Å². The maximum Gasteiger partial charge on any atom is 0.339 e. The molecule has 0 saturated heterocycles. The number of rotatable bonds is 5. The molecule has 2 aromatic rings. The van der Waals surface area contributed by atoms with Crippen LogP contribution in [0.1, 0.15) is 17.3 Å². The first-order chi connectivity index (χ1) is 11.4. The molecule has 0 bridgehead atoms. The van der Waals surface area contributed by atoms with Crippen LogP contribution in [-0.2, 0) is 9.53 Å². The lowest BCUT2D eigenvalue weighted by molar-refractivity contribution is -0.123. The maximum absolute atomic E-state index is 13.1. The molecule has 0 heterocycles. The van der Waals surface area contributed by atoms with Crippen LogP contribution in [0.4, 0.5) is 14.5 Å². The molecular weight excluding hydrogens is 320 g/mol. The van der Waals surface area contributed by atoms with E-state index >= 15 is 0 Å². The predicted octanol–water partition coefficient (Wildman–Crippen LogP) is 3.16. The second kappa shape index (κ2) is 7.54. The first kappa shape index (κ1) is 17.4. The number of para-hydroxylation sites is 2. The maximum atomic E-state index is 13.1. The van der Waals surface area contributed by atoms with Gasteiger partial charge in [0.05, 0.1) is 18.4 Å². The topological polar surface area (TPSA) is 64.6 Å². The van der Waals surface area contributed by atoms with Gasteiger partial charge < -0.3 is 14.8 Å². The highest BCUT2D eigenvalue weighted by Gasteiger charge is 2.21. The number of carbonyl (C=O) groups is 2. The van der Waals surface area contributed by atoms with Gasteiger partial charge in [-0.25, -0.2) is 13.6 Å². The number of ether oxygens (including phenoxy) is 2. The van der Waals surface area contributed by atoms with Gasteiger partial charge in [-0.1, -0.05) is 12.1 Å². The number of halogens is 2. The Balaban J connectivity index is 2.04. The van der Waals surface area contributed by atoms with E-state index in [9.17, 15) is 18.4 Å². The molecule has 24 heavy (non-hydrogen) atoms. The molecule has 0 fully saturated rings. The van der Waals surface area contributed by atoms with E-state index in [-0.39, 0.29) is 5.56 Å². The van der Waals surface area contributed by atoms with Crippen molar-refractivity contribution in [3.63, 3.8) is 0 Å². The van der Waals surface area contributed by atoms with Crippen LogP contribution in [0, 0.1) is 11.6 Å². The standard InChI is InChI=1S/C17H15F2NO4/c1-10(16(21)20-14-5-3-4-6-15(14)23-2)24-17(22)11-7-12(18)9-13(19)8-11/h3-10H,1-2H3,(H,20,21)/t10-/m0/s1. The summed E-state index contributed by atoms with van der Waals surface area (Å²) >= 11 is 0. The van der Waals surface area contributed by atoms with Gasteiger partial charge in [-0.2, -0.15) is 0 Å². The molecule has 2 rings (SSSR count). The smallest absolute Gasteiger partial charge is 0.339 e. The van der Waals surface area contributed by atoms with Gasteiger partial charge in [0.25, 0.3) is 5.91 Å².